The summed E-state index contributed by atoms with van der Waals surface area (Å²) in [5, 5.41) is 4.91. The Morgan fingerprint density at radius 2 is 1.81 bits per heavy atom. The number of hydrogen-bond donors (Lipinski definition) is 1. The molecule has 0 radical (unpaired) electrons. The van der Waals surface area contributed by atoms with Gasteiger partial charge in [-0.3, -0.25) is 4.79 Å². The topological polar surface area (TPSA) is 64.6 Å². The first-order valence-corrected chi connectivity index (χ1v) is 8.66. The zero-order chi connectivity index (χ0) is 19.4. The van der Waals surface area contributed by atoms with Crippen LogP contribution in [0.3, 0.4) is 0 Å². The number of amides is 1. The Bertz CT molecular complexity index is 1010. The fraction of sp³-hybridized carbons (Fsp3) is 0.143. The summed E-state index contributed by atoms with van der Waals surface area (Å²) in [6.07, 6.45) is 0. The number of carbonyl (C=O) groups is 2. The molecule has 3 aromatic rings. The second-order valence-corrected chi connectivity index (χ2v) is 6.36. The van der Waals surface area contributed by atoms with Gasteiger partial charge in [-0.25, -0.2) is 4.79 Å². The highest BCUT2D eigenvalue weighted by Gasteiger charge is 2.15. The van der Waals surface area contributed by atoms with Gasteiger partial charge in [-0.1, -0.05) is 48.0 Å². The second kappa shape index (κ2) is 8.10. The molecular weight excluding hydrogens is 366 g/mol. The predicted molar refractivity (Wildman–Crippen MR) is 106 cm³/mol. The van der Waals surface area contributed by atoms with E-state index in [2.05, 4.69) is 5.32 Å². The number of ether oxygens (including phenoxy) is 2. The summed E-state index contributed by atoms with van der Waals surface area (Å²) in [7, 11) is 1.48. The first-order chi connectivity index (χ1) is 13.0. The normalized spacial score (nSPS) is 10.5. The predicted octanol–water partition coefficient (Wildman–Crippen LogP) is 4.61. The first-order valence-electron chi connectivity index (χ1n) is 8.28. The van der Waals surface area contributed by atoms with Gasteiger partial charge in [0.25, 0.3) is 5.91 Å². The molecule has 0 aliphatic rings. The number of anilines is 1. The maximum atomic E-state index is 12.4. The molecule has 1 amide bonds. The van der Waals surface area contributed by atoms with E-state index in [1.165, 1.54) is 7.11 Å². The van der Waals surface area contributed by atoms with E-state index in [1.54, 1.807) is 24.3 Å². The average Bonchev–Trinajstić information content (AvgIpc) is 2.68. The average molecular weight is 384 g/mol. The summed E-state index contributed by atoms with van der Waals surface area (Å²) >= 11 is 6.06. The van der Waals surface area contributed by atoms with Gasteiger partial charge in [0.05, 0.1) is 18.4 Å². The number of hydrogen-bond acceptors (Lipinski definition) is 4. The van der Waals surface area contributed by atoms with E-state index in [0.717, 1.165) is 16.3 Å². The Hall–Kier alpha value is -3.05. The number of fused-ring (bicyclic) bond motifs is 1. The van der Waals surface area contributed by atoms with E-state index in [-0.39, 0.29) is 0 Å². The number of esters is 1. The highest BCUT2D eigenvalue weighted by molar-refractivity contribution is 6.31. The van der Waals surface area contributed by atoms with Crippen molar-refractivity contribution in [3.8, 4) is 5.75 Å². The molecule has 0 saturated carbocycles. The molecule has 1 N–H and O–H groups in total. The quantitative estimate of drug-likeness (QED) is 0.653. The summed E-state index contributed by atoms with van der Waals surface area (Å²) in [5.41, 5.74) is 1.67. The minimum Gasteiger partial charge on any atom is -0.495 e. The van der Waals surface area contributed by atoms with Crippen LogP contribution in [0.25, 0.3) is 10.8 Å². The maximum Gasteiger partial charge on any atom is 0.339 e. The van der Waals surface area contributed by atoms with Crippen LogP contribution in [0.15, 0.2) is 54.6 Å². The lowest BCUT2D eigenvalue weighted by molar-refractivity contribution is -0.119. The fourth-order valence-electron chi connectivity index (χ4n) is 2.73. The van der Waals surface area contributed by atoms with E-state index in [9.17, 15) is 9.59 Å². The lowest BCUT2D eigenvalue weighted by atomic mass is 10.1. The number of halogens is 1. The summed E-state index contributed by atoms with van der Waals surface area (Å²) < 4.78 is 10.4. The largest absolute Gasteiger partial charge is 0.495 e. The monoisotopic (exact) mass is 383 g/mol. The van der Waals surface area contributed by atoms with E-state index in [1.807, 2.05) is 37.3 Å². The summed E-state index contributed by atoms with van der Waals surface area (Å²) in [6, 6.07) is 16.2. The van der Waals surface area contributed by atoms with Crippen molar-refractivity contribution >= 4 is 39.9 Å². The third-order valence-corrected chi connectivity index (χ3v) is 4.51. The third-order valence-electron chi connectivity index (χ3n) is 4.10. The molecule has 27 heavy (non-hydrogen) atoms. The molecule has 0 heterocycles. The SMILES string of the molecule is COc1cc(Cl)c(C)cc1NC(=O)COC(=O)c1cccc2ccccc12. The van der Waals surface area contributed by atoms with Gasteiger partial charge in [0.15, 0.2) is 6.61 Å². The van der Waals surface area contributed by atoms with Crippen LogP contribution in [0.5, 0.6) is 5.75 Å². The standard InChI is InChI=1S/C21H18ClNO4/c1-13-10-18(19(26-2)11-17(13)22)23-20(24)12-27-21(25)16-9-5-7-14-6-3-4-8-15(14)16/h3-11H,12H2,1-2H3,(H,23,24). The molecule has 6 heteroatoms. The van der Waals surface area contributed by atoms with Gasteiger partial charge < -0.3 is 14.8 Å². The lowest BCUT2D eigenvalue weighted by Crippen LogP contribution is -2.21. The van der Waals surface area contributed by atoms with Crippen LogP contribution in [-0.2, 0) is 9.53 Å². The molecular formula is C21H18ClNO4. The number of aryl methyl sites for hydroxylation is 1. The molecule has 0 saturated heterocycles. The van der Waals surface area contributed by atoms with Crippen molar-refractivity contribution in [1.82, 2.24) is 0 Å². The van der Waals surface area contributed by atoms with Crippen LogP contribution in [0.4, 0.5) is 5.69 Å². The molecule has 0 spiro atoms. The highest BCUT2D eigenvalue weighted by atomic mass is 35.5. The zero-order valence-corrected chi connectivity index (χ0v) is 15.7. The number of methoxy groups -OCH3 is 1. The van der Waals surface area contributed by atoms with Crippen LogP contribution in [0.2, 0.25) is 5.02 Å². The lowest BCUT2D eigenvalue weighted by Gasteiger charge is -2.12. The van der Waals surface area contributed by atoms with Crippen LogP contribution in [0, 0.1) is 6.92 Å². The van der Waals surface area contributed by atoms with Crippen molar-refractivity contribution in [2.24, 2.45) is 0 Å². The number of nitrogens with one attached hydrogen (secondary N) is 1. The zero-order valence-electron chi connectivity index (χ0n) is 14.9. The molecule has 0 aliphatic heterocycles. The molecule has 138 valence electrons. The van der Waals surface area contributed by atoms with Crippen molar-refractivity contribution in [1.29, 1.82) is 0 Å². The molecule has 0 atom stereocenters. The van der Waals surface area contributed by atoms with Crippen molar-refractivity contribution in [2.45, 2.75) is 6.92 Å². The van der Waals surface area contributed by atoms with Crippen LogP contribution in [0.1, 0.15) is 15.9 Å². The number of benzene rings is 3. The fourth-order valence-corrected chi connectivity index (χ4v) is 2.88. The molecule has 3 aromatic carbocycles. The first kappa shape index (κ1) is 18.7. The van der Waals surface area contributed by atoms with Gasteiger partial charge in [-0.15, -0.1) is 0 Å². The third kappa shape index (κ3) is 4.20. The molecule has 0 unspecified atom stereocenters. The molecule has 3 rings (SSSR count). The Balaban J connectivity index is 1.69. The highest BCUT2D eigenvalue weighted by Crippen LogP contribution is 2.30. The molecule has 0 fully saturated rings. The van der Waals surface area contributed by atoms with Crippen LogP contribution in [-0.4, -0.2) is 25.6 Å². The van der Waals surface area contributed by atoms with Gasteiger partial charge in [0.1, 0.15) is 5.75 Å². The van der Waals surface area contributed by atoms with Crippen molar-refractivity contribution < 1.29 is 19.1 Å². The Kier molecular flexibility index (Phi) is 5.62. The molecule has 0 bridgehead atoms. The maximum absolute atomic E-state index is 12.4. The van der Waals surface area contributed by atoms with E-state index in [0.29, 0.717) is 22.0 Å². The van der Waals surface area contributed by atoms with Gasteiger partial charge in [-0.05, 0) is 35.4 Å². The Morgan fingerprint density at radius 1 is 1.07 bits per heavy atom. The van der Waals surface area contributed by atoms with Gasteiger partial charge in [0.2, 0.25) is 0 Å². The molecule has 5 nitrogen and oxygen atoms in total. The minimum absolute atomic E-state index is 0.410. The van der Waals surface area contributed by atoms with Crippen molar-refractivity contribution in [3.05, 3.63) is 70.7 Å². The Morgan fingerprint density at radius 3 is 2.59 bits per heavy atom. The summed E-state index contributed by atoms with van der Waals surface area (Å²) in [4.78, 5) is 24.6. The van der Waals surface area contributed by atoms with Gasteiger partial charge in [0, 0.05) is 11.1 Å². The second-order valence-electron chi connectivity index (χ2n) is 5.95. The van der Waals surface area contributed by atoms with Crippen molar-refractivity contribution in [2.75, 3.05) is 19.0 Å². The smallest absolute Gasteiger partial charge is 0.339 e. The van der Waals surface area contributed by atoms with Crippen LogP contribution < -0.4 is 10.1 Å². The van der Waals surface area contributed by atoms with Gasteiger partial charge in [-0.2, -0.15) is 0 Å². The summed E-state index contributed by atoms with van der Waals surface area (Å²) in [6.45, 7) is 1.41. The number of carbonyl (C=O) groups excluding carboxylic acids is 2. The molecule has 0 aromatic heterocycles. The van der Waals surface area contributed by atoms with E-state index in [4.69, 9.17) is 21.1 Å². The van der Waals surface area contributed by atoms with E-state index >= 15 is 0 Å². The van der Waals surface area contributed by atoms with E-state index < -0.39 is 18.5 Å². The van der Waals surface area contributed by atoms with Gasteiger partial charge >= 0.3 is 5.97 Å². The van der Waals surface area contributed by atoms with Crippen molar-refractivity contribution in [3.63, 3.8) is 0 Å². The summed E-state index contributed by atoms with van der Waals surface area (Å²) in [5.74, 6) is -0.593. The van der Waals surface area contributed by atoms with Crippen LogP contribution >= 0.6 is 11.6 Å². The minimum atomic E-state index is -0.554. The number of rotatable bonds is 5. The Labute approximate surface area is 161 Å². The molecule has 0 aliphatic carbocycles.